The number of rotatable bonds is 20. The average Bonchev–Trinajstić information content (AvgIpc) is 3.78. The second kappa shape index (κ2) is 22.5. The summed E-state index contributed by atoms with van der Waals surface area (Å²) < 4.78 is 27.8. The molecular formula is C44H80N8O4. The van der Waals surface area contributed by atoms with Crippen LogP contribution in [-0.4, -0.2) is 123 Å². The van der Waals surface area contributed by atoms with E-state index in [1.807, 2.05) is 14.1 Å². The second-order valence-electron chi connectivity index (χ2n) is 17.4. The van der Waals surface area contributed by atoms with Crippen LogP contribution >= 0.6 is 0 Å². The fourth-order valence-corrected chi connectivity index (χ4v) is 9.77. The third-order valence-electron chi connectivity index (χ3n) is 13.7. The number of nitrogens with one attached hydrogen (secondary N) is 2. The maximum Gasteiger partial charge on any atom is 0.0888 e. The van der Waals surface area contributed by atoms with Crippen LogP contribution in [0.5, 0.6) is 0 Å². The molecule has 2 aliphatic carbocycles. The molecule has 4 aliphatic rings. The van der Waals surface area contributed by atoms with Gasteiger partial charge in [-0.2, -0.15) is 10.2 Å². The number of hydrogen-bond donors (Lipinski definition) is 2. The highest BCUT2D eigenvalue weighted by atomic mass is 16.5. The van der Waals surface area contributed by atoms with E-state index in [1.165, 1.54) is 98.1 Å². The normalized spacial score (nSPS) is 25.2. The van der Waals surface area contributed by atoms with E-state index in [0.29, 0.717) is 22.7 Å². The lowest BCUT2D eigenvalue weighted by atomic mass is 9.67. The lowest BCUT2D eigenvalue weighted by Crippen LogP contribution is -2.32. The Morgan fingerprint density at radius 3 is 1.39 bits per heavy atom. The third-order valence-corrected chi connectivity index (χ3v) is 13.7. The van der Waals surface area contributed by atoms with E-state index >= 15 is 0 Å². The molecule has 6 rings (SSSR count). The third kappa shape index (κ3) is 11.6. The summed E-state index contributed by atoms with van der Waals surface area (Å²) in [6.45, 7) is 23.0. The molecule has 0 atom stereocenters. The molecule has 2 N–H and O–H groups in total. The van der Waals surface area contributed by atoms with Crippen molar-refractivity contribution < 1.29 is 18.9 Å². The fourth-order valence-electron chi connectivity index (χ4n) is 9.77. The molecule has 2 aromatic rings. The van der Waals surface area contributed by atoms with Gasteiger partial charge < -0.3 is 29.6 Å². The molecule has 0 spiro atoms. The van der Waals surface area contributed by atoms with Crippen LogP contribution in [0.4, 0.5) is 0 Å². The predicted octanol–water partition coefficient (Wildman–Crippen LogP) is 6.31. The first-order valence-corrected chi connectivity index (χ1v) is 22.4. The van der Waals surface area contributed by atoms with Gasteiger partial charge in [0, 0.05) is 63.6 Å². The van der Waals surface area contributed by atoms with Crippen LogP contribution in [0.2, 0.25) is 0 Å². The highest BCUT2D eigenvalue weighted by Crippen LogP contribution is 2.48. The standard InChI is InChI=1S/2C22H40N4O2/c2*1-5-22(17-27-6-2)9-7-18(8-10-22)21-19(15-25(4)12-11-23-3)24-26-13-14-28-16-20(21)26/h2*18,23H,5-17H2,1-4H3. The summed E-state index contributed by atoms with van der Waals surface area (Å²) in [6.07, 6.45) is 12.4. The monoisotopic (exact) mass is 785 g/mol. The Bertz CT molecular complexity index is 1320. The van der Waals surface area contributed by atoms with Gasteiger partial charge in [-0.3, -0.25) is 19.2 Å². The molecule has 0 unspecified atom stereocenters. The van der Waals surface area contributed by atoms with Gasteiger partial charge in [-0.1, -0.05) is 13.8 Å². The van der Waals surface area contributed by atoms with Gasteiger partial charge in [0.05, 0.1) is 75.5 Å². The van der Waals surface area contributed by atoms with Crippen molar-refractivity contribution in [2.24, 2.45) is 10.8 Å². The van der Waals surface area contributed by atoms with Gasteiger partial charge >= 0.3 is 0 Å². The zero-order valence-corrected chi connectivity index (χ0v) is 36.9. The first-order chi connectivity index (χ1) is 27.2. The van der Waals surface area contributed by atoms with Crippen LogP contribution < -0.4 is 10.6 Å². The van der Waals surface area contributed by atoms with Crippen molar-refractivity contribution in [1.29, 1.82) is 0 Å². The maximum atomic E-state index is 5.85. The smallest absolute Gasteiger partial charge is 0.0888 e. The SMILES string of the molecule is CCOCC1(CC)CCC(c2c(CN(C)CCNC)nn3c2COCC3)CC1.CCOCC1(CC)CCC(c2c(CN(C)CCNC)nn3c2COCC3)CC1. The molecule has 2 aliphatic heterocycles. The molecule has 4 heterocycles. The first kappa shape index (κ1) is 45.2. The van der Waals surface area contributed by atoms with Crippen molar-refractivity contribution >= 4 is 0 Å². The van der Waals surface area contributed by atoms with Gasteiger partial charge in [0.2, 0.25) is 0 Å². The van der Waals surface area contributed by atoms with Gasteiger partial charge in [0.1, 0.15) is 0 Å². The summed E-state index contributed by atoms with van der Waals surface area (Å²) in [7, 11) is 8.41. The molecular weight excluding hydrogens is 705 g/mol. The Kier molecular flexibility index (Phi) is 18.1. The minimum Gasteiger partial charge on any atom is -0.381 e. The lowest BCUT2D eigenvalue weighted by Gasteiger charge is -2.40. The molecule has 2 fully saturated rings. The number of aromatic nitrogens is 4. The van der Waals surface area contributed by atoms with E-state index in [4.69, 9.17) is 29.1 Å². The number of nitrogens with zero attached hydrogens (tertiary/aromatic N) is 6. The fraction of sp³-hybridized carbons (Fsp3) is 0.864. The molecule has 56 heavy (non-hydrogen) atoms. The largest absolute Gasteiger partial charge is 0.381 e. The summed E-state index contributed by atoms with van der Waals surface area (Å²) >= 11 is 0. The lowest BCUT2D eigenvalue weighted by molar-refractivity contribution is 0.0189. The zero-order chi connectivity index (χ0) is 40.0. The maximum absolute atomic E-state index is 5.85. The van der Waals surface area contributed by atoms with Crippen LogP contribution in [0.15, 0.2) is 0 Å². The molecule has 0 aromatic carbocycles. The van der Waals surface area contributed by atoms with Gasteiger partial charge in [-0.05, 0) is 129 Å². The van der Waals surface area contributed by atoms with E-state index in [2.05, 4.69) is 71.6 Å². The van der Waals surface area contributed by atoms with Crippen molar-refractivity contribution in [1.82, 2.24) is 40.0 Å². The zero-order valence-electron chi connectivity index (χ0n) is 36.9. The Hall–Kier alpha value is -1.90. The Balaban J connectivity index is 0.000000214. The van der Waals surface area contributed by atoms with Crippen molar-refractivity contribution in [3.63, 3.8) is 0 Å². The molecule has 0 amide bonds. The van der Waals surface area contributed by atoms with Gasteiger partial charge in [-0.15, -0.1) is 0 Å². The number of fused-ring (bicyclic) bond motifs is 2. The van der Waals surface area contributed by atoms with Crippen molar-refractivity contribution in [2.75, 3.05) is 94.0 Å². The van der Waals surface area contributed by atoms with Crippen LogP contribution in [0.1, 0.15) is 138 Å². The van der Waals surface area contributed by atoms with Crippen LogP contribution in [-0.2, 0) is 58.3 Å². The number of ether oxygens (including phenoxy) is 4. The molecule has 12 nitrogen and oxygen atoms in total. The average molecular weight is 785 g/mol. The number of hydrogen-bond acceptors (Lipinski definition) is 10. The van der Waals surface area contributed by atoms with Crippen LogP contribution in [0, 0.1) is 10.8 Å². The summed E-state index contributed by atoms with van der Waals surface area (Å²) in [6, 6.07) is 0. The molecule has 320 valence electrons. The van der Waals surface area contributed by atoms with E-state index in [1.54, 1.807) is 0 Å². The molecule has 0 bridgehead atoms. The Labute approximate surface area is 340 Å². The summed E-state index contributed by atoms with van der Waals surface area (Å²) in [5.74, 6) is 1.22. The van der Waals surface area contributed by atoms with Crippen molar-refractivity contribution in [3.05, 3.63) is 33.9 Å². The minimum absolute atomic E-state index is 0.375. The summed E-state index contributed by atoms with van der Waals surface area (Å²) in [5, 5.41) is 16.5. The summed E-state index contributed by atoms with van der Waals surface area (Å²) in [5.41, 5.74) is 8.97. The topological polar surface area (TPSA) is 103 Å². The molecule has 0 radical (unpaired) electrons. The van der Waals surface area contributed by atoms with Crippen LogP contribution in [0.3, 0.4) is 0 Å². The van der Waals surface area contributed by atoms with Gasteiger partial charge in [0.25, 0.3) is 0 Å². The molecule has 12 heteroatoms. The highest BCUT2D eigenvalue weighted by molar-refractivity contribution is 5.33. The van der Waals surface area contributed by atoms with Gasteiger partial charge in [0.15, 0.2) is 0 Å². The Morgan fingerprint density at radius 2 is 1.05 bits per heavy atom. The number of likely N-dealkylation sites (N-methyl/N-ethyl adjacent to an activating group) is 4. The Morgan fingerprint density at radius 1 is 0.661 bits per heavy atom. The van der Waals surface area contributed by atoms with Crippen molar-refractivity contribution in [2.45, 2.75) is 143 Å². The predicted molar refractivity (Wildman–Crippen MR) is 225 cm³/mol. The van der Waals surface area contributed by atoms with Gasteiger partial charge in [-0.25, -0.2) is 0 Å². The highest BCUT2D eigenvalue weighted by Gasteiger charge is 2.39. The van der Waals surface area contributed by atoms with Crippen LogP contribution in [0.25, 0.3) is 0 Å². The van der Waals surface area contributed by atoms with E-state index in [0.717, 1.165) is 105 Å². The van der Waals surface area contributed by atoms with E-state index in [9.17, 15) is 0 Å². The summed E-state index contributed by atoms with van der Waals surface area (Å²) in [4.78, 5) is 4.76. The minimum atomic E-state index is 0.375. The van der Waals surface area contributed by atoms with Crippen molar-refractivity contribution in [3.8, 4) is 0 Å². The molecule has 2 aromatic heterocycles. The second-order valence-corrected chi connectivity index (χ2v) is 17.4. The molecule has 0 saturated heterocycles. The van der Waals surface area contributed by atoms with E-state index in [-0.39, 0.29) is 0 Å². The quantitative estimate of drug-likeness (QED) is 0.159. The molecule has 2 saturated carbocycles. The first-order valence-electron chi connectivity index (χ1n) is 22.4. The van der Waals surface area contributed by atoms with E-state index < -0.39 is 0 Å².